The van der Waals surface area contributed by atoms with Gasteiger partial charge in [0.1, 0.15) is 11.0 Å². The third-order valence-electron chi connectivity index (χ3n) is 4.23. The van der Waals surface area contributed by atoms with E-state index in [1.807, 2.05) is 36.4 Å². The molecule has 0 amide bonds. The van der Waals surface area contributed by atoms with Crippen molar-refractivity contribution in [1.82, 2.24) is 5.32 Å². The molecule has 1 N–H and O–H groups in total. The van der Waals surface area contributed by atoms with Crippen LogP contribution < -0.4 is 5.32 Å². The molecular formula is C21H20N2O5S. The number of hydrogen-bond acceptors (Lipinski definition) is 6. The van der Waals surface area contributed by atoms with E-state index in [4.69, 9.17) is 4.18 Å². The Balaban J connectivity index is 1.79. The number of non-ortho nitro benzene ring substituents is 1. The van der Waals surface area contributed by atoms with Gasteiger partial charge in [0.05, 0.1) is 4.92 Å². The van der Waals surface area contributed by atoms with Gasteiger partial charge in [-0.1, -0.05) is 66.7 Å². The van der Waals surface area contributed by atoms with Gasteiger partial charge in [0, 0.05) is 25.2 Å². The van der Waals surface area contributed by atoms with E-state index in [2.05, 4.69) is 5.32 Å². The summed E-state index contributed by atoms with van der Waals surface area (Å²) in [5, 5.41) is 14.2. The van der Waals surface area contributed by atoms with Crippen LogP contribution in [0.25, 0.3) is 0 Å². The van der Waals surface area contributed by atoms with E-state index in [0.717, 1.165) is 11.6 Å². The van der Waals surface area contributed by atoms with Crippen LogP contribution >= 0.6 is 0 Å². The summed E-state index contributed by atoms with van der Waals surface area (Å²) in [5.41, 5.74) is 1.43. The quantitative estimate of drug-likeness (QED) is 0.326. The zero-order valence-corrected chi connectivity index (χ0v) is 16.3. The van der Waals surface area contributed by atoms with Gasteiger partial charge in [0.2, 0.25) is 0 Å². The van der Waals surface area contributed by atoms with E-state index in [1.54, 1.807) is 24.3 Å². The molecule has 0 fully saturated rings. The van der Waals surface area contributed by atoms with Crippen molar-refractivity contribution < 1.29 is 17.5 Å². The second-order valence-electron chi connectivity index (χ2n) is 6.32. The van der Waals surface area contributed by atoms with Crippen LogP contribution in [0, 0.1) is 10.1 Å². The van der Waals surface area contributed by atoms with Crippen LogP contribution in [-0.4, -0.2) is 19.9 Å². The van der Waals surface area contributed by atoms with Crippen LogP contribution in [0.3, 0.4) is 0 Å². The Hall–Kier alpha value is -3.07. The molecule has 0 aliphatic heterocycles. The number of nitro groups is 1. The Morgan fingerprint density at radius 1 is 0.931 bits per heavy atom. The molecule has 1 unspecified atom stereocenters. The lowest BCUT2D eigenvalue weighted by Gasteiger charge is -2.19. The van der Waals surface area contributed by atoms with Crippen LogP contribution in [0.4, 0.5) is 5.69 Å². The summed E-state index contributed by atoms with van der Waals surface area (Å²) >= 11 is 0. The summed E-state index contributed by atoms with van der Waals surface area (Å²) in [4.78, 5) is 10.1. The minimum absolute atomic E-state index is 0.243. The molecule has 1 atom stereocenters. The molecule has 3 aromatic rings. The fourth-order valence-corrected chi connectivity index (χ4v) is 3.89. The average molecular weight is 412 g/mol. The van der Waals surface area contributed by atoms with Gasteiger partial charge in [-0.3, -0.25) is 14.3 Å². The zero-order valence-electron chi connectivity index (χ0n) is 15.5. The maximum absolute atomic E-state index is 12.8. The first-order valence-corrected chi connectivity index (χ1v) is 10.3. The molecular weight excluding hydrogens is 392 g/mol. The van der Waals surface area contributed by atoms with Crippen molar-refractivity contribution in [3.8, 4) is 0 Å². The van der Waals surface area contributed by atoms with Crippen molar-refractivity contribution in [2.45, 2.75) is 17.5 Å². The number of rotatable bonds is 9. The van der Waals surface area contributed by atoms with Crippen LogP contribution in [-0.2, 0) is 20.8 Å². The first-order chi connectivity index (χ1) is 14.0. The van der Waals surface area contributed by atoms with Gasteiger partial charge in [0.15, 0.2) is 0 Å². The maximum Gasteiger partial charge on any atom is 0.297 e. The molecule has 0 aromatic heterocycles. The summed E-state index contributed by atoms with van der Waals surface area (Å²) < 4.78 is 31.0. The van der Waals surface area contributed by atoms with Gasteiger partial charge in [-0.15, -0.1) is 0 Å². The van der Waals surface area contributed by atoms with E-state index in [-0.39, 0.29) is 17.1 Å². The lowest BCUT2D eigenvalue weighted by Crippen LogP contribution is -2.25. The van der Waals surface area contributed by atoms with Crippen LogP contribution in [0.2, 0.25) is 0 Å². The number of nitrogens with one attached hydrogen (secondary N) is 1. The Morgan fingerprint density at radius 2 is 1.59 bits per heavy atom. The molecule has 0 saturated carbocycles. The Bertz CT molecular complexity index is 1060. The van der Waals surface area contributed by atoms with Crippen molar-refractivity contribution >= 4 is 15.8 Å². The third kappa shape index (κ3) is 5.71. The number of hydrogen-bond donors (Lipinski definition) is 1. The summed E-state index contributed by atoms with van der Waals surface area (Å²) in [7, 11) is -4.20. The SMILES string of the molecule is O=[N+]([O-])c1cccc(S(=O)(=O)OC(CNCc2ccccc2)c2ccccc2)c1. The highest BCUT2D eigenvalue weighted by Gasteiger charge is 2.24. The highest BCUT2D eigenvalue weighted by Crippen LogP contribution is 2.25. The standard InChI is InChI=1S/C21H20N2O5S/c24-23(25)19-12-7-13-20(14-19)29(26,27)28-21(18-10-5-2-6-11-18)16-22-15-17-8-3-1-4-9-17/h1-14,21-22H,15-16H2. The van der Waals surface area contributed by atoms with E-state index in [9.17, 15) is 18.5 Å². The minimum Gasteiger partial charge on any atom is -0.310 e. The first-order valence-electron chi connectivity index (χ1n) is 8.93. The molecule has 7 nitrogen and oxygen atoms in total. The number of benzene rings is 3. The Morgan fingerprint density at radius 3 is 2.24 bits per heavy atom. The van der Waals surface area contributed by atoms with Crippen molar-refractivity contribution in [3.63, 3.8) is 0 Å². The predicted molar refractivity (Wildman–Crippen MR) is 109 cm³/mol. The Labute approximate surface area is 169 Å². The van der Waals surface area contributed by atoms with E-state index < -0.39 is 21.1 Å². The topological polar surface area (TPSA) is 98.5 Å². The maximum atomic E-state index is 12.8. The molecule has 3 aromatic carbocycles. The van der Waals surface area contributed by atoms with Gasteiger partial charge in [0.25, 0.3) is 15.8 Å². The number of nitro benzene ring substituents is 1. The lowest BCUT2D eigenvalue weighted by atomic mass is 10.1. The fraction of sp³-hybridized carbons (Fsp3) is 0.143. The minimum atomic E-state index is -4.20. The van der Waals surface area contributed by atoms with Crippen molar-refractivity contribution in [2.24, 2.45) is 0 Å². The molecule has 29 heavy (non-hydrogen) atoms. The predicted octanol–water partition coefficient (Wildman–Crippen LogP) is 3.83. The smallest absolute Gasteiger partial charge is 0.297 e. The van der Waals surface area contributed by atoms with Crippen molar-refractivity contribution in [2.75, 3.05) is 6.54 Å². The second-order valence-corrected chi connectivity index (χ2v) is 7.89. The summed E-state index contributed by atoms with van der Waals surface area (Å²) in [6, 6.07) is 23.5. The number of nitrogens with zero attached hydrogens (tertiary/aromatic N) is 1. The second kappa shape index (κ2) is 9.42. The van der Waals surface area contributed by atoms with E-state index >= 15 is 0 Å². The molecule has 3 rings (SSSR count). The molecule has 150 valence electrons. The summed E-state index contributed by atoms with van der Waals surface area (Å²) in [6.07, 6.45) is -0.788. The first kappa shape index (κ1) is 20.7. The van der Waals surface area contributed by atoms with E-state index in [1.165, 1.54) is 18.2 Å². The monoisotopic (exact) mass is 412 g/mol. The highest BCUT2D eigenvalue weighted by molar-refractivity contribution is 7.86. The molecule has 0 radical (unpaired) electrons. The molecule has 0 spiro atoms. The third-order valence-corrected chi connectivity index (χ3v) is 5.55. The van der Waals surface area contributed by atoms with Crippen LogP contribution in [0.15, 0.2) is 89.8 Å². The van der Waals surface area contributed by atoms with Crippen LogP contribution in [0.1, 0.15) is 17.2 Å². The zero-order chi connectivity index (χ0) is 20.7. The molecule has 8 heteroatoms. The Kier molecular flexibility index (Phi) is 6.71. The van der Waals surface area contributed by atoms with Gasteiger partial charge in [-0.05, 0) is 17.2 Å². The molecule has 0 saturated heterocycles. The lowest BCUT2D eigenvalue weighted by molar-refractivity contribution is -0.385. The fourth-order valence-electron chi connectivity index (χ4n) is 2.78. The summed E-state index contributed by atoms with van der Waals surface area (Å²) in [5.74, 6) is 0. The molecule has 0 aliphatic rings. The average Bonchev–Trinajstić information content (AvgIpc) is 2.74. The van der Waals surface area contributed by atoms with Gasteiger partial charge in [-0.25, -0.2) is 0 Å². The molecule has 0 aliphatic carbocycles. The normalized spacial score (nSPS) is 12.4. The largest absolute Gasteiger partial charge is 0.310 e. The van der Waals surface area contributed by atoms with Crippen molar-refractivity contribution in [1.29, 1.82) is 0 Å². The van der Waals surface area contributed by atoms with Gasteiger partial charge < -0.3 is 5.32 Å². The highest BCUT2D eigenvalue weighted by atomic mass is 32.2. The summed E-state index contributed by atoms with van der Waals surface area (Å²) in [6.45, 7) is 0.789. The van der Waals surface area contributed by atoms with Crippen molar-refractivity contribution in [3.05, 3.63) is 106 Å². The van der Waals surface area contributed by atoms with Gasteiger partial charge in [-0.2, -0.15) is 8.42 Å². The molecule has 0 bridgehead atoms. The van der Waals surface area contributed by atoms with Gasteiger partial charge >= 0.3 is 0 Å². The molecule has 0 heterocycles. The van der Waals surface area contributed by atoms with E-state index in [0.29, 0.717) is 12.1 Å². The van der Waals surface area contributed by atoms with Crippen LogP contribution in [0.5, 0.6) is 0 Å².